The van der Waals surface area contributed by atoms with E-state index in [9.17, 15) is 9.59 Å². The lowest BCUT2D eigenvalue weighted by Gasteiger charge is -2.22. The first-order chi connectivity index (χ1) is 14.9. The number of rotatable bonds is 6. The Morgan fingerprint density at radius 1 is 1.23 bits per heavy atom. The number of aryl methyl sites for hydroxylation is 1. The Bertz CT molecular complexity index is 1130. The van der Waals surface area contributed by atoms with E-state index in [0.29, 0.717) is 17.3 Å². The minimum atomic E-state index is -0.192. The van der Waals surface area contributed by atoms with E-state index in [1.165, 1.54) is 0 Å². The molecule has 0 fully saturated rings. The number of thiazole rings is 1. The lowest BCUT2D eigenvalue weighted by Crippen LogP contribution is -2.40. The van der Waals surface area contributed by atoms with Gasteiger partial charge in [0.05, 0.1) is 23.8 Å². The van der Waals surface area contributed by atoms with E-state index in [-0.39, 0.29) is 24.9 Å². The standard InChI is InChI=1S/C23H23ClN4O2S/c1-15-25-20(14-31-15)16-6-7-21-17(10-16)8-9-28(21)23(30)13-27(2)12-22(29)26-19-5-3-4-18(24)11-19/h3-7,10-11,14H,8-9,12-13H2,1-2H3,(H,26,29). The molecule has 2 amide bonds. The number of hydrogen-bond donors (Lipinski definition) is 1. The quantitative estimate of drug-likeness (QED) is 0.605. The summed E-state index contributed by atoms with van der Waals surface area (Å²) in [4.78, 5) is 33.2. The van der Waals surface area contributed by atoms with Gasteiger partial charge in [-0.15, -0.1) is 11.3 Å². The number of benzene rings is 2. The summed E-state index contributed by atoms with van der Waals surface area (Å²) in [6, 6.07) is 13.1. The molecule has 0 spiro atoms. The molecular formula is C23H23ClN4O2S. The van der Waals surface area contributed by atoms with Crippen LogP contribution in [0.15, 0.2) is 47.8 Å². The van der Waals surface area contributed by atoms with Crippen LogP contribution in [0.25, 0.3) is 11.3 Å². The second-order valence-corrected chi connectivity index (χ2v) is 9.12. The van der Waals surface area contributed by atoms with Crippen LogP contribution in [0.1, 0.15) is 10.6 Å². The van der Waals surface area contributed by atoms with E-state index in [0.717, 1.165) is 33.9 Å². The fraction of sp³-hybridized carbons (Fsp3) is 0.261. The molecule has 1 aliphatic rings. The molecule has 0 aliphatic carbocycles. The van der Waals surface area contributed by atoms with Crippen molar-refractivity contribution < 1.29 is 9.59 Å². The zero-order chi connectivity index (χ0) is 22.0. The van der Waals surface area contributed by atoms with Crippen LogP contribution in [0.2, 0.25) is 5.02 Å². The van der Waals surface area contributed by atoms with Gasteiger partial charge in [0, 0.05) is 33.9 Å². The maximum Gasteiger partial charge on any atom is 0.241 e. The van der Waals surface area contributed by atoms with Crippen LogP contribution in [-0.4, -0.2) is 48.4 Å². The normalized spacial score (nSPS) is 12.8. The Morgan fingerprint density at radius 3 is 2.81 bits per heavy atom. The molecule has 0 atom stereocenters. The third-order valence-electron chi connectivity index (χ3n) is 5.12. The topological polar surface area (TPSA) is 65.5 Å². The van der Waals surface area contributed by atoms with Gasteiger partial charge in [0.2, 0.25) is 11.8 Å². The molecule has 0 unspecified atom stereocenters. The lowest BCUT2D eigenvalue weighted by atomic mass is 10.1. The van der Waals surface area contributed by atoms with Gasteiger partial charge < -0.3 is 10.2 Å². The van der Waals surface area contributed by atoms with Crippen molar-refractivity contribution in [2.24, 2.45) is 0 Å². The molecule has 6 nitrogen and oxygen atoms in total. The summed E-state index contributed by atoms with van der Waals surface area (Å²) in [5, 5.41) is 6.45. The van der Waals surface area contributed by atoms with Gasteiger partial charge in [0.1, 0.15) is 0 Å². The van der Waals surface area contributed by atoms with E-state index in [2.05, 4.69) is 21.7 Å². The molecule has 1 aliphatic heterocycles. The van der Waals surface area contributed by atoms with Crippen molar-refractivity contribution in [1.82, 2.24) is 9.88 Å². The van der Waals surface area contributed by atoms with E-state index in [1.54, 1.807) is 52.4 Å². The number of hydrogen-bond acceptors (Lipinski definition) is 5. The number of nitrogens with one attached hydrogen (secondary N) is 1. The van der Waals surface area contributed by atoms with Crippen LogP contribution < -0.4 is 10.2 Å². The molecule has 160 valence electrons. The van der Waals surface area contributed by atoms with Crippen molar-refractivity contribution >= 4 is 46.1 Å². The summed E-state index contributed by atoms with van der Waals surface area (Å²) in [5.41, 5.74) is 4.78. The van der Waals surface area contributed by atoms with Crippen molar-refractivity contribution in [2.45, 2.75) is 13.3 Å². The molecule has 3 aromatic rings. The third-order valence-corrected chi connectivity index (χ3v) is 6.13. The van der Waals surface area contributed by atoms with Gasteiger partial charge in [-0.3, -0.25) is 14.5 Å². The molecule has 1 N–H and O–H groups in total. The molecule has 0 bridgehead atoms. The van der Waals surface area contributed by atoms with Gasteiger partial charge >= 0.3 is 0 Å². The van der Waals surface area contributed by atoms with Crippen LogP contribution in [0.3, 0.4) is 0 Å². The fourth-order valence-corrected chi connectivity index (χ4v) is 4.51. The first-order valence-corrected chi connectivity index (χ1v) is 11.2. The van der Waals surface area contributed by atoms with E-state index in [4.69, 9.17) is 11.6 Å². The third kappa shape index (κ3) is 5.12. The Labute approximate surface area is 190 Å². The van der Waals surface area contributed by atoms with Crippen LogP contribution in [-0.2, 0) is 16.0 Å². The maximum absolute atomic E-state index is 12.9. The first-order valence-electron chi connectivity index (χ1n) is 9.99. The highest BCUT2D eigenvalue weighted by Gasteiger charge is 2.26. The summed E-state index contributed by atoms with van der Waals surface area (Å²) in [6.45, 7) is 2.92. The van der Waals surface area contributed by atoms with Gasteiger partial charge in [-0.05, 0) is 56.3 Å². The average Bonchev–Trinajstić information content (AvgIpc) is 3.33. The van der Waals surface area contributed by atoms with Gasteiger partial charge in [-0.2, -0.15) is 0 Å². The van der Waals surface area contributed by atoms with Gasteiger partial charge in [0.15, 0.2) is 0 Å². The van der Waals surface area contributed by atoms with Crippen LogP contribution in [0.4, 0.5) is 11.4 Å². The smallest absolute Gasteiger partial charge is 0.241 e. The predicted molar refractivity (Wildman–Crippen MR) is 126 cm³/mol. The number of carbonyl (C=O) groups excluding carboxylic acids is 2. The Balaban J connectivity index is 1.35. The zero-order valence-electron chi connectivity index (χ0n) is 17.4. The molecule has 31 heavy (non-hydrogen) atoms. The highest BCUT2D eigenvalue weighted by atomic mass is 35.5. The Morgan fingerprint density at radius 2 is 2.06 bits per heavy atom. The summed E-state index contributed by atoms with van der Waals surface area (Å²) in [6.07, 6.45) is 0.816. The SMILES string of the molecule is Cc1nc(-c2ccc3c(c2)CCN3C(=O)CN(C)CC(=O)Nc2cccc(Cl)c2)cs1. The number of carbonyl (C=O) groups is 2. The van der Waals surface area contributed by atoms with Gasteiger partial charge in [-0.1, -0.05) is 23.7 Å². The van der Waals surface area contributed by atoms with Crippen molar-refractivity contribution in [1.29, 1.82) is 0 Å². The highest BCUT2D eigenvalue weighted by molar-refractivity contribution is 7.09. The summed E-state index contributed by atoms with van der Waals surface area (Å²) in [5.74, 6) is -0.211. The molecule has 2 aromatic carbocycles. The highest BCUT2D eigenvalue weighted by Crippen LogP contribution is 2.32. The monoisotopic (exact) mass is 454 g/mol. The van der Waals surface area contributed by atoms with Gasteiger partial charge in [0.25, 0.3) is 0 Å². The van der Waals surface area contributed by atoms with E-state index >= 15 is 0 Å². The molecule has 8 heteroatoms. The number of aromatic nitrogens is 1. The number of anilines is 2. The van der Waals surface area contributed by atoms with Gasteiger partial charge in [-0.25, -0.2) is 4.98 Å². The molecule has 4 rings (SSSR count). The predicted octanol–water partition coefficient (Wildman–Crippen LogP) is 4.23. The Hall–Kier alpha value is -2.74. The molecule has 1 aromatic heterocycles. The second-order valence-electron chi connectivity index (χ2n) is 7.62. The Kier molecular flexibility index (Phi) is 6.36. The molecule has 0 saturated heterocycles. The largest absolute Gasteiger partial charge is 0.325 e. The minimum absolute atomic E-state index is 0.0194. The molecule has 0 saturated carbocycles. The number of likely N-dealkylation sites (N-methyl/N-ethyl adjacent to an activating group) is 1. The van der Waals surface area contributed by atoms with Crippen LogP contribution in [0, 0.1) is 6.92 Å². The number of nitrogens with zero attached hydrogens (tertiary/aromatic N) is 3. The van der Waals surface area contributed by atoms with Crippen molar-refractivity contribution in [3.8, 4) is 11.3 Å². The minimum Gasteiger partial charge on any atom is -0.325 e. The first kappa shape index (κ1) is 21.5. The van der Waals surface area contributed by atoms with Crippen molar-refractivity contribution in [2.75, 3.05) is 36.9 Å². The zero-order valence-corrected chi connectivity index (χ0v) is 19.0. The lowest BCUT2D eigenvalue weighted by molar-refractivity contribution is -0.120. The van der Waals surface area contributed by atoms with Crippen molar-refractivity contribution in [3.63, 3.8) is 0 Å². The van der Waals surface area contributed by atoms with E-state index < -0.39 is 0 Å². The maximum atomic E-state index is 12.9. The summed E-state index contributed by atoms with van der Waals surface area (Å²) < 4.78 is 0. The fourth-order valence-electron chi connectivity index (χ4n) is 3.70. The van der Waals surface area contributed by atoms with Crippen molar-refractivity contribution in [3.05, 3.63) is 63.4 Å². The number of amides is 2. The summed E-state index contributed by atoms with van der Waals surface area (Å²) in [7, 11) is 1.76. The summed E-state index contributed by atoms with van der Waals surface area (Å²) >= 11 is 7.58. The average molecular weight is 455 g/mol. The number of fused-ring (bicyclic) bond motifs is 1. The van der Waals surface area contributed by atoms with E-state index in [1.807, 2.05) is 19.1 Å². The van der Waals surface area contributed by atoms with Crippen LogP contribution in [0.5, 0.6) is 0 Å². The molecule has 0 radical (unpaired) electrons. The molecule has 2 heterocycles. The van der Waals surface area contributed by atoms with Crippen LogP contribution >= 0.6 is 22.9 Å². The number of halogens is 1. The molecular weight excluding hydrogens is 432 g/mol. The second kappa shape index (κ2) is 9.18.